The standard InChI is InChI=1S/C40H26.C36H22O/c1-2-13-29-25-31(24-23-27(29)11-1)30-15-9-16-32(26-30)39-35-18-5-7-20-37(35)40(38-21-8-6-19-36(38)39)34-22-10-14-28-12-3-4-17-33(28)34;1-2-11-23(12-3-1)34-26-15-6-8-17-28(26)35(29-18-9-7-16-27(29)34)30-19-10-20-32-36(30)31-21-24-13-4-5-14-25(24)22-33(31)37-32/h1-26H;1-22H/i1D,2D,3D,4D,5D,6D,7D,8D,9D,10D,11D,12D,13D,14D,15D,16D,17D,18D,19D,20D,21D,22D,23D,24D,25D,26D;. The fourth-order valence-corrected chi connectivity index (χ4v) is 10.7. The Bertz CT molecular complexity index is 6420. The maximum absolute atomic E-state index is 9.70. The van der Waals surface area contributed by atoms with Crippen molar-refractivity contribution in [1.82, 2.24) is 0 Å². The maximum Gasteiger partial charge on any atom is 0.136 e. The molecule has 0 saturated heterocycles. The van der Waals surface area contributed by atoms with Gasteiger partial charge < -0.3 is 4.42 Å². The average Bonchev–Trinajstić information content (AvgIpc) is 1.02. The van der Waals surface area contributed by atoms with E-state index in [2.05, 4.69) is 133 Å². The van der Waals surface area contributed by atoms with Crippen molar-refractivity contribution in [1.29, 1.82) is 0 Å². The van der Waals surface area contributed by atoms with Gasteiger partial charge in [-0.1, -0.05) is 260 Å². The summed E-state index contributed by atoms with van der Waals surface area (Å²) in [5, 5.41) is 4.40. The monoisotopic (exact) mass is 1000 g/mol. The van der Waals surface area contributed by atoms with Crippen LogP contribution >= 0.6 is 0 Å². The molecule has 0 atom stereocenters. The Morgan fingerprint density at radius 2 is 0.753 bits per heavy atom. The molecule has 1 heterocycles. The van der Waals surface area contributed by atoms with Crippen LogP contribution in [0.3, 0.4) is 0 Å². The van der Waals surface area contributed by atoms with Crippen molar-refractivity contribution < 1.29 is 40.1 Å². The second-order valence-electron chi connectivity index (χ2n) is 18.2. The molecular formula is C76H48O. The summed E-state index contributed by atoms with van der Waals surface area (Å²) >= 11 is 0. The van der Waals surface area contributed by atoms with Crippen LogP contribution in [0.1, 0.15) is 35.6 Å². The molecule has 1 heteroatoms. The van der Waals surface area contributed by atoms with E-state index in [-0.39, 0.29) is 0 Å². The van der Waals surface area contributed by atoms with Crippen LogP contribution in [-0.4, -0.2) is 0 Å². The molecule has 0 bridgehead atoms. The molecular weight excluding hydrogens is 929 g/mol. The van der Waals surface area contributed by atoms with Crippen molar-refractivity contribution in [2.45, 2.75) is 0 Å². The van der Waals surface area contributed by atoms with Gasteiger partial charge in [-0.2, -0.15) is 0 Å². The lowest BCUT2D eigenvalue weighted by Gasteiger charge is -2.19. The van der Waals surface area contributed by atoms with E-state index in [0.717, 1.165) is 16.6 Å². The zero-order valence-electron chi connectivity index (χ0n) is 66.1. The summed E-state index contributed by atoms with van der Waals surface area (Å²) in [7, 11) is 0. The minimum atomic E-state index is -1.07. The van der Waals surface area contributed by atoms with E-state index in [1.165, 1.54) is 60.0 Å². The molecule has 0 aliphatic heterocycles. The summed E-state index contributed by atoms with van der Waals surface area (Å²) in [5.41, 5.74) is 2.14. The SMILES string of the molecule is [2H]c1c([2H])c(-c2c([2H])c([2H])c3c([2H])c([2H])c([2H])c([2H])c3c2[2H])c([2H])c(-c2c3c([2H])c([2H])c([2H])c([2H])c3c(-c3c([2H])c([2H])c([2H])c4c([2H])c([2H])c([2H])c([2H])c34)c3c([2H])c([2H])c([2H])c([2H])c23)c1[2H].c1ccc(-c2c3ccccc3c(-c3cccc4oc5cc6ccccc6cc5c34)c3ccccc23)cc1. The third-order valence-electron chi connectivity index (χ3n) is 13.9. The lowest BCUT2D eigenvalue weighted by Crippen LogP contribution is -1.92. The van der Waals surface area contributed by atoms with Gasteiger partial charge in [-0.25, -0.2) is 0 Å². The molecule has 0 fully saturated rings. The molecule has 0 spiro atoms. The minimum absolute atomic E-state index is 0.554. The first kappa shape index (κ1) is 25.4. The molecule has 0 unspecified atom stereocenters. The molecule has 0 amide bonds. The van der Waals surface area contributed by atoms with Crippen LogP contribution in [0.5, 0.6) is 0 Å². The van der Waals surface area contributed by atoms with E-state index in [4.69, 9.17) is 29.1 Å². The summed E-state index contributed by atoms with van der Waals surface area (Å²) in [5.74, 6) is 0. The molecule has 0 N–H and O–H groups in total. The molecule has 16 rings (SSSR count). The smallest absolute Gasteiger partial charge is 0.136 e. The van der Waals surface area contributed by atoms with E-state index in [1.54, 1.807) is 0 Å². The van der Waals surface area contributed by atoms with Crippen LogP contribution in [0, 0.1) is 0 Å². The summed E-state index contributed by atoms with van der Waals surface area (Å²) in [6, 6.07) is 23.5. The Kier molecular flexibility index (Phi) is 6.07. The molecule has 77 heavy (non-hydrogen) atoms. The van der Waals surface area contributed by atoms with Crippen LogP contribution in [-0.2, 0) is 0 Å². The fraction of sp³-hybridized carbons (Fsp3) is 0. The van der Waals surface area contributed by atoms with E-state index in [0.29, 0.717) is 0 Å². The Morgan fingerprint density at radius 1 is 0.247 bits per heavy atom. The first-order chi connectivity index (χ1) is 49.0. The molecule has 358 valence electrons. The third-order valence-corrected chi connectivity index (χ3v) is 13.9. The third kappa shape index (κ3) is 7.47. The van der Waals surface area contributed by atoms with E-state index >= 15 is 0 Å². The number of hydrogen-bond donors (Lipinski definition) is 0. The second-order valence-corrected chi connectivity index (χ2v) is 18.2. The zero-order chi connectivity index (χ0) is 73.4. The predicted octanol–water partition coefficient (Wildman–Crippen LogP) is 21.7. The highest BCUT2D eigenvalue weighted by Crippen LogP contribution is 2.49. The van der Waals surface area contributed by atoms with Crippen LogP contribution in [0.4, 0.5) is 0 Å². The topological polar surface area (TPSA) is 13.1 Å². The largest absolute Gasteiger partial charge is 0.456 e. The number of benzene rings is 15. The Labute approximate surface area is 482 Å². The van der Waals surface area contributed by atoms with Gasteiger partial charge in [-0.3, -0.25) is 0 Å². The fourth-order valence-electron chi connectivity index (χ4n) is 10.7. The number of hydrogen-bond acceptors (Lipinski definition) is 1. The van der Waals surface area contributed by atoms with Gasteiger partial charge in [0.2, 0.25) is 0 Å². The highest BCUT2D eigenvalue weighted by Gasteiger charge is 2.22. The first-order valence-electron chi connectivity index (χ1n) is 37.4. The van der Waals surface area contributed by atoms with E-state index < -0.39 is 234 Å². The van der Waals surface area contributed by atoms with Crippen LogP contribution in [0.25, 0.3) is 153 Å². The van der Waals surface area contributed by atoms with Gasteiger partial charge in [0.15, 0.2) is 0 Å². The van der Waals surface area contributed by atoms with Crippen molar-refractivity contribution in [2.24, 2.45) is 0 Å². The van der Waals surface area contributed by atoms with E-state index in [1.807, 2.05) is 0 Å². The van der Waals surface area contributed by atoms with Gasteiger partial charge >= 0.3 is 0 Å². The summed E-state index contributed by atoms with van der Waals surface area (Å²) in [4.78, 5) is 0. The molecule has 0 aliphatic rings. The highest BCUT2D eigenvalue weighted by atomic mass is 16.3. The van der Waals surface area contributed by atoms with Gasteiger partial charge in [-0.15, -0.1) is 0 Å². The van der Waals surface area contributed by atoms with Crippen LogP contribution in [0.2, 0.25) is 0 Å². The van der Waals surface area contributed by atoms with Gasteiger partial charge in [0.25, 0.3) is 0 Å². The quantitative estimate of drug-likeness (QED) is 0.157. The van der Waals surface area contributed by atoms with Gasteiger partial charge in [-0.05, 0) is 161 Å². The molecule has 0 aliphatic carbocycles. The van der Waals surface area contributed by atoms with Crippen molar-refractivity contribution in [3.8, 4) is 55.6 Å². The normalized spacial score (nSPS) is 16.4. The predicted molar refractivity (Wildman–Crippen MR) is 330 cm³/mol. The average molecular weight is 1000 g/mol. The summed E-state index contributed by atoms with van der Waals surface area (Å²) < 4.78 is 237. The van der Waals surface area contributed by atoms with Crippen molar-refractivity contribution in [2.75, 3.05) is 0 Å². The molecule has 1 aromatic heterocycles. The summed E-state index contributed by atoms with van der Waals surface area (Å²) in [6.07, 6.45) is 0. The highest BCUT2D eigenvalue weighted by molar-refractivity contribution is 6.27. The van der Waals surface area contributed by atoms with Crippen LogP contribution in [0.15, 0.2) is 295 Å². The van der Waals surface area contributed by atoms with Crippen LogP contribution < -0.4 is 0 Å². The Morgan fingerprint density at radius 3 is 1.45 bits per heavy atom. The molecule has 16 aromatic rings. The lowest BCUT2D eigenvalue weighted by atomic mass is 9.84. The first-order valence-corrected chi connectivity index (χ1v) is 24.4. The van der Waals surface area contributed by atoms with Crippen molar-refractivity contribution in [3.63, 3.8) is 0 Å². The Hall–Kier alpha value is -10.1. The van der Waals surface area contributed by atoms with Crippen molar-refractivity contribution >= 4 is 97.3 Å². The number of rotatable bonds is 5. The molecule has 1 nitrogen and oxygen atoms in total. The maximum atomic E-state index is 9.70. The van der Waals surface area contributed by atoms with E-state index in [9.17, 15) is 11.0 Å². The number of fused-ring (bicyclic) bond motifs is 10. The van der Waals surface area contributed by atoms with Gasteiger partial charge in [0.05, 0.1) is 35.6 Å². The molecule has 0 radical (unpaired) electrons. The van der Waals surface area contributed by atoms with Gasteiger partial charge in [0.1, 0.15) is 11.2 Å². The summed E-state index contributed by atoms with van der Waals surface area (Å²) in [6.45, 7) is 0. The Balaban J connectivity index is 0.000000193. The molecule has 15 aromatic carbocycles. The minimum Gasteiger partial charge on any atom is -0.456 e. The second kappa shape index (κ2) is 18.4. The van der Waals surface area contributed by atoms with Crippen molar-refractivity contribution in [3.05, 3.63) is 291 Å². The zero-order valence-corrected chi connectivity index (χ0v) is 40.1. The lowest BCUT2D eigenvalue weighted by molar-refractivity contribution is 0.669. The van der Waals surface area contributed by atoms with Gasteiger partial charge in [0, 0.05) is 10.8 Å². The number of furan rings is 1. The molecule has 0 saturated carbocycles.